The van der Waals surface area contributed by atoms with E-state index in [9.17, 15) is 9.59 Å². The van der Waals surface area contributed by atoms with E-state index >= 15 is 0 Å². The second-order valence-electron chi connectivity index (χ2n) is 7.27. The lowest BCUT2D eigenvalue weighted by molar-refractivity contribution is -0.123. The fourth-order valence-electron chi connectivity index (χ4n) is 4.04. The first kappa shape index (κ1) is 17.7. The number of H-pyrrole nitrogens is 1. The molecule has 27 heavy (non-hydrogen) atoms. The number of carbonyl (C=O) groups excluding carboxylic acids is 2. The maximum atomic E-state index is 12.9. The number of nitrogens with two attached hydrogens (primary N) is 1. The lowest BCUT2D eigenvalue weighted by atomic mass is 9.88. The van der Waals surface area contributed by atoms with Gasteiger partial charge in [-0.05, 0) is 30.9 Å². The van der Waals surface area contributed by atoms with E-state index in [1.807, 2.05) is 24.3 Å². The monoisotopic (exact) mass is 368 g/mol. The van der Waals surface area contributed by atoms with Gasteiger partial charge in [-0.15, -0.1) is 0 Å². The first-order valence-electron chi connectivity index (χ1n) is 9.44. The van der Waals surface area contributed by atoms with Crippen molar-refractivity contribution in [2.24, 2.45) is 16.6 Å². The normalized spacial score (nSPS) is 23.3. The van der Waals surface area contributed by atoms with E-state index in [0.29, 0.717) is 23.8 Å². The quantitative estimate of drug-likeness (QED) is 0.627. The van der Waals surface area contributed by atoms with E-state index in [4.69, 9.17) is 5.73 Å². The van der Waals surface area contributed by atoms with Gasteiger partial charge in [0.05, 0.1) is 17.7 Å². The number of benzene rings is 1. The number of aliphatic imine (C=N–C) groups is 1. The highest BCUT2D eigenvalue weighted by molar-refractivity contribution is 6.47. The number of hydrogen-bond acceptors (Lipinski definition) is 5. The van der Waals surface area contributed by atoms with E-state index in [1.165, 1.54) is 19.3 Å². The van der Waals surface area contributed by atoms with Crippen molar-refractivity contribution < 1.29 is 9.59 Å². The second-order valence-corrected chi connectivity index (χ2v) is 7.27. The molecule has 4 rings (SSSR count). The van der Waals surface area contributed by atoms with E-state index < -0.39 is 11.4 Å². The Morgan fingerprint density at radius 2 is 2.00 bits per heavy atom. The van der Waals surface area contributed by atoms with Crippen LogP contribution in [0, 0.1) is 5.92 Å². The van der Waals surface area contributed by atoms with Crippen LogP contribution in [-0.4, -0.2) is 40.7 Å². The molecule has 142 valence electrons. The van der Waals surface area contributed by atoms with E-state index in [-0.39, 0.29) is 18.3 Å². The maximum absolute atomic E-state index is 12.9. The highest BCUT2D eigenvalue weighted by Crippen LogP contribution is 2.27. The van der Waals surface area contributed by atoms with Crippen LogP contribution in [0.25, 0.3) is 11.0 Å². The number of primary amides is 1. The minimum atomic E-state index is -1.55. The molecular weight excluding hydrogens is 344 g/mol. The molecule has 1 unspecified atom stereocenters. The zero-order chi connectivity index (χ0) is 18.9. The molecule has 0 bridgehead atoms. The molecule has 1 aliphatic carbocycles. The fraction of sp³-hybridized carbons (Fsp3) is 0.474. The number of imidazole rings is 1. The van der Waals surface area contributed by atoms with Crippen molar-refractivity contribution in [2.75, 3.05) is 13.2 Å². The molecule has 5 N–H and O–H groups in total. The summed E-state index contributed by atoms with van der Waals surface area (Å²) < 4.78 is 0. The van der Waals surface area contributed by atoms with Crippen LogP contribution in [0.2, 0.25) is 0 Å². The lowest BCUT2D eigenvalue weighted by Gasteiger charge is -2.26. The van der Waals surface area contributed by atoms with E-state index in [2.05, 4.69) is 25.6 Å². The third-order valence-electron chi connectivity index (χ3n) is 5.54. The van der Waals surface area contributed by atoms with Crippen LogP contribution in [0.1, 0.15) is 37.9 Å². The predicted molar refractivity (Wildman–Crippen MR) is 102 cm³/mol. The zero-order valence-corrected chi connectivity index (χ0v) is 15.1. The van der Waals surface area contributed by atoms with Crippen LogP contribution in [0.15, 0.2) is 29.3 Å². The smallest absolute Gasteiger partial charge is 0.268 e. The molecule has 1 aromatic carbocycles. The minimum absolute atomic E-state index is 0.0739. The number of rotatable bonds is 5. The van der Waals surface area contributed by atoms with Crippen molar-refractivity contribution in [1.82, 2.24) is 20.6 Å². The highest BCUT2D eigenvalue weighted by Gasteiger charge is 2.52. The molecule has 0 saturated heterocycles. The molecular formula is C19H24N6O2. The number of carbonyl (C=O) groups is 2. The van der Waals surface area contributed by atoms with Crippen LogP contribution in [0.4, 0.5) is 0 Å². The summed E-state index contributed by atoms with van der Waals surface area (Å²) in [6.07, 6.45) is 5.91. The van der Waals surface area contributed by atoms with Crippen molar-refractivity contribution >= 4 is 28.6 Å². The average molecular weight is 368 g/mol. The SMILES string of the molecule is NC(=O)C1(c2nc3ccccc3[nH]2)NCN=C1C(=O)NCC1CCCCC1. The Morgan fingerprint density at radius 3 is 2.74 bits per heavy atom. The zero-order valence-electron chi connectivity index (χ0n) is 15.1. The van der Waals surface area contributed by atoms with Crippen LogP contribution >= 0.6 is 0 Å². The predicted octanol–water partition coefficient (Wildman–Crippen LogP) is 0.942. The van der Waals surface area contributed by atoms with Gasteiger partial charge in [-0.1, -0.05) is 31.4 Å². The van der Waals surface area contributed by atoms with Crippen molar-refractivity contribution in [2.45, 2.75) is 37.6 Å². The summed E-state index contributed by atoms with van der Waals surface area (Å²) in [5.41, 5.74) is 5.72. The van der Waals surface area contributed by atoms with E-state index in [1.54, 1.807) is 0 Å². The molecule has 0 radical (unpaired) electrons. The third kappa shape index (κ3) is 3.10. The summed E-state index contributed by atoms with van der Waals surface area (Å²) in [5.74, 6) is -0.303. The lowest BCUT2D eigenvalue weighted by Crippen LogP contribution is -2.59. The van der Waals surface area contributed by atoms with E-state index in [0.717, 1.165) is 18.4 Å². The van der Waals surface area contributed by atoms with Gasteiger partial charge in [0.1, 0.15) is 11.5 Å². The standard InChI is InChI=1S/C19H24N6O2/c20-17(27)19(18-24-13-8-4-5-9-14(13)25-18)15(22-11-23-19)16(26)21-10-12-6-2-1-3-7-12/h4-5,8-9,12,23H,1-3,6-7,10-11H2,(H2,20,27)(H,21,26)(H,24,25). The average Bonchev–Trinajstić information content (AvgIpc) is 3.31. The summed E-state index contributed by atoms with van der Waals surface area (Å²) in [4.78, 5) is 37.2. The van der Waals surface area contributed by atoms with Gasteiger partial charge < -0.3 is 16.0 Å². The van der Waals surface area contributed by atoms with Crippen molar-refractivity contribution in [1.29, 1.82) is 0 Å². The van der Waals surface area contributed by atoms with Gasteiger partial charge in [-0.2, -0.15) is 0 Å². The number of amides is 2. The Hall–Kier alpha value is -2.74. The van der Waals surface area contributed by atoms with Gasteiger partial charge in [0.2, 0.25) is 5.54 Å². The summed E-state index contributed by atoms with van der Waals surface area (Å²) in [6, 6.07) is 7.42. The Kier molecular flexibility index (Phi) is 4.65. The van der Waals surface area contributed by atoms with Crippen LogP contribution in [0.3, 0.4) is 0 Å². The molecule has 2 aliphatic rings. The van der Waals surface area contributed by atoms with Crippen LogP contribution < -0.4 is 16.4 Å². The Morgan fingerprint density at radius 1 is 1.22 bits per heavy atom. The molecule has 1 fully saturated rings. The minimum Gasteiger partial charge on any atom is -0.367 e. The van der Waals surface area contributed by atoms with Gasteiger partial charge >= 0.3 is 0 Å². The Balaban J connectivity index is 1.60. The van der Waals surface area contributed by atoms with Gasteiger partial charge in [0.25, 0.3) is 11.8 Å². The number of nitrogens with zero attached hydrogens (tertiary/aromatic N) is 2. The van der Waals surface area contributed by atoms with Gasteiger partial charge in [0, 0.05) is 6.54 Å². The highest BCUT2D eigenvalue weighted by atomic mass is 16.2. The molecule has 1 aromatic heterocycles. The van der Waals surface area contributed by atoms with Crippen LogP contribution in [-0.2, 0) is 15.1 Å². The second kappa shape index (κ2) is 7.11. The molecule has 1 atom stereocenters. The molecule has 8 nitrogen and oxygen atoms in total. The molecule has 2 heterocycles. The third-order valence-corrected chi connectivity index (χ3v) is 5.54. The van der Waals surface area contributed by atoms with Crippen molar-refractivity contribution in [3.8, 4) is 0 Å². The molecule has 2 amide bonds. The largest absolute Gasteiger partial charge is 0.367 e. The molecule has 0 spiro atoms. The molecule has 8 heteroatoms. The van der Waals surface area contributed by atoms with Crippen LogP contribution in [0.5, 0.6) is 0 Å². The number of fused-ring (bicyclic) bond motifs is 1. The number of para-hydroxylation sites is 2. The Labute approximate surface area is 157 Å². The van der Waals surface area contributed by atoms with Gasteiger partial charge in [-0.25, -0.2) is 4.98 Å². The number of nitrogens with one attached hydrogen (secondary N) is 3. The number of hydrogen-bond donors (Lipinski definition) is 4. The summed E-state index contributed by atoms with van der Waals surface area (Å²) >= 11 is 0. The first-order chi connectivity index (χ1) is 13.1. The summed E-state index contributed by atoms with van der Waals surface area (Å²) in [6.45, 7) is 0.721. The number of aromatic nitrogens is 2. The maximum Gasteiger partial charge on any atom is 0.268 e. The van der Waals surface area contributed by atoms with Crippen molar-refractivity contribution in [3.63, 3.8) is 0 Å². The summed E-state index contributed by atoms with van der Waals surface area (Å²) in [7, 11) is 0. The van der Waals surface area contributed by atoms with Gasteiger partial charge in [0.15, 0.2) is 0 Å². The topological polar surface area (TPSA) is 125 Å². The fourth-order valence-corrected chi connectivity index (χ4v) is 4.04. The molecule has 1 saturated carbocycles. The Bertz CT molecular complexity index is 865. The van der Waals surface area contributed by atoms with Gasteiger partial charge in [-0.3, -0.25) is 19.9 Å². The molecule has 2 aromatic rings. The number of aromatic amines is 1. The summed E-state index contributed by atoms with van der Waals surface area (Å²) in [5, 5.41) is 5.93. The molecule has 1 aliphatic heterocycles. The van der Waals surface area contributed by atoms with Crippen molar-refractivity contribution in [3.05, 3.63) is 30.1 Å². The first-order valence-corrected chi connectivity index (χ1v) is 9.44.